The summed E-state index contributed by atoms with van der Waals surface area (Å²) >= 11 is 6.39. The van der Waals surface area contributed by atoms with Crippen molar-refractivity contribution in [3.8, 4) is 11.1 Å². The van der Waals surface area contributed by atoms with Gasteiger partial charge >= 0.3 is 0 Å². The zero-order valence-corrected chi connectivity index (χ0v) is 13.6. The summed E-state index contributed by atoms with van der Waals surface area (Å²) in [6, 6.07) is 27.5. The second-order valence-electron chi connectivity index (χ2n) is 6.04. The van der Waals surface area contributed by atoms with Gasteiger partial charge in [0.15, 0.2) is 0 Å². The standard InChI is InChI=1S/C22H14ClN/c23-19-12-4-11-18-21-17(10-5-13-20(21)24-22(18)19)16-9-3-7-14-6-1-2-8-15(14)16/h1-13,24H. The van der Waals surface area contributed by atoms with E-state index in [1.54, 1.807) is 0 Å². The van der Waals surface area contributed by atoms with Crippen LogP contribution in [0.4, 0.5) is 0 Å². The van der Waals surface area contributed by atoms with E-state index in [9.17, 15) is 0 Å². The van der Waals surface area contributed by atoms with Gasteiger partial charge in [-0.25, -0.2) is 0 Å². The van der Waals surface area contributed by atoms with E-state index in [1.165, 1.54) is 32.7 Å². The molecular weight excluding hydrogens is 314 g/mol. The highest BCUT2D eigenvalue weighted by Crippen LogP contribution is 2.39. The summed E-state index contributed by atoms with van der Waals surface area (Å²) in [5, 5.41) is 5.67. The second-order valence-corrected chi connectivity index (χ2v) is 6.45. The van der Waals surface area contributed by atoms with E-state index in [0.717, 1.165) is 16.1 Å². The molecule has 5 rings (SSSR count). The summed E-state index contributed by atoms with van der Waals surface area (Å²) in [6.45, 7) is 0. The highest BCUT2D eigenvalue weighted by molar-refractivity contribution is 6.36. The Labute approximate surface area is 144 Å². The lowest BCUT2D eigenvalue weighted by Crippen LogP contribution is -1.82. The van der Waals surface area contributed by atoms with Crippen molar-refractivity contribution >= 4 is 44.2 Å². The van der Waals surface area contributed by atoms with E-state index in [-0.39, 0.29) is 0 Å². The minimum Gasteiger partial charge on any atom is -0.353 e. The van der Waals surface area contributed by atoms with Crippen LogP contribution in [0.1, 0.15) is 0 Å². The third-order valence-corrected chi connectivity index (χ3v) is 5.00. The fourth-order valence-corrected chi connectivity index (χ4v) is 3.85. The number of halogens is 1. The van der Waals surface area contributed by atoms with Gasteiger partial charge in [-0.1, -0.05) is 78.3 Å². The molecule has 0 saturated carbocycles. The van der Waals surface area contributed by atoms with Gasteiger partial charge in [-0.05, 0) is 34.0 Å². The van der Waals surface area contributed by atoms with E-state index in [0.29, 0.717) is 0 Å². The first-order chi connectivity index (χ1) is 11.8. The Kier molecular flexibility index (Phi) is 2.91. The van der Waals surface area contributed by atoms with Crippen LogP contribution in [-0.2, 0) is 0 Å². The summed E-state index contributed by atoms with van der Waals surface area (Å²) in [5.41, 5.74) is 4.60. The van der Waals surface area contributed by atoms with Crippen molar-refractivity contribution in [1.29, 1.82) is 0 Å². The van der Waals surface area contributed by atoms with Crippen molar-refractivity contribution in [3.63, 3.8) is 0 Å². The van der Waals surface area contributed by atoms with Gasteiger partial charge in [-0.2, -0.15) is 0 Å². The number of fused-ring (bicyclic) bond motifs is 4. The monoisotopic (exact) mass is 327 g/mol. The van der Waals surface area contributed by atoms with Gasteiger partial charge in [0.25, 0.3) is 0 Å². The summed E-state index contributed by atoms with van der Waals surface area (Å²) in [5.74, 6) is 0. The summed E-state index contributed by atoms with van der Waals surface area (Å²) in [6.07, 6.45) is 0. The molecule has 1 aromatic heterocycles. The molecule has 0 radical (unpaired) electrons. The lowest BCUT2D eigenvalue weighted by atomic mass is 9.95. The average Bonchev–Trinajstić information content (AvgIpc) is 3.02. The number of aromatic nitrogens is 1. The van der Waals surface area contributed by atoms with Crippen molar-refractivity contribution in [2.24, 2.45) is 0 Å². The zero-order chi connectivity index (χ0) is 16.1. The van der Waals surface area contributed by atoms with Crippen LogP contribution in [0.3, 0.4) is 0 Å². The van der Waals surface area contributed by atoms with E-state index in [2.05, 4.69) is 71.7 Å². The zero-order valence-electron chi connectivity index (χ0n) is 12.9. The van der Waals surface area contributed by atoms with Crippen molar-refractivity contribution in [2.75, 3.05) is 0 Å². The van der Waals surface area contributed by atoms with Gasteiger partial charge in [0, 0.05) is 16.3 Å². The lowest BCUT2D eigenvalue weighted by molar-refractivity contribution is 1.54. The van der Waals surface area contributed by atoms with Crippen molar-refractivity contribution in [2.45, 2.75) is 0 Å². The first-order valence-electron chi connectivity index (χ1n) is 8.00. The molecule has 2 heteroatoms. The third kappa shape index (κ3) is 1.88. The molecule has 1 nitrogen and oxygen atoms in total. The fourth-order valence-electron chi connectivity index (χ4n) is 3.63. The van der Waals surface area contributed by atoms with Gasteiger partial charge in [-0.15, -0.1) is 0 Å². The Morgan fingerprint density at radius 3 is 2.29 bits per heavy atom. The topological polar surface area (TPSA) is 15.8 Å². The maximum atomic E-state index is 6.39. The second kappa shape index (κ2) is 5.12. The molecule has 0 atom stereocenters. The van der Waals surface area contributed by atoms with Crippen molar-refractivity contribution in [1.82, 2.24) is 4.98 Å². The Bertz CT molecular complexity index is 1210. The fraction of sp³-hybridized carbons (Fsp3) is 0. The maximum Gasteiger partial charge on any atom is 0.0654 e. The number of benzene rings is 4. The van der Waals surface area contributed by atoms with Gasteiger partial charge in [0.1, 0.15) is 0 Å². The quantitative estimate of drug-likeness (QED) is 0.348. The number of nitrogens with one attached hydrogen (secondary N) is 1. The Morgan fingerprint density at radius 1 is 0.625 bits per heavy atom. The molecule has 0 unspecified atom stereocenters. The molecule has 0 aliphatic carbocycles. The summed E-state index contributed by atoms with van der Waals surface area (Å²) in [4.78, 5) is 3.47. The molecular formula is C22H14ClN. The molecule has 0 amide bonds. The Balaban J connectivity index is 1.96. The van der Waals surface area contributed by atoms with Crippen LogP contribution in [-0.4, -0.2) is 4.98 Å². The largest absolute Gasteiger partial charge is 0.353 e. The van der Waals surface area contributed by atoms with Crippen molar-refractivity contribution in [3.05, 3.63) is 83.9 Å². The van der Waals surface area contributed by atoms with Gasteiger partial charge in [0.2, 0.25) is 0 Å². The minimum atomic E-state index is 0.757. The highest BCUT2D eigenvalue weighted by atomic mass is 35.5. The highest BCUT2D eigenvalue weighted by Gasteiger charge is 2.13. The molecule has 24 heavy (non-hydrogen) atoms. The van der Waals surface area contributed by atoms with Crippen LogP contribution in [0.2, 0.25) is 5.02 Å². The maximum absolute atomic E-state index is 6.39. The third-order valence-electron chi connectivity index (χ3n) is 4.69. The van der Waals surface area contributed by atoms with Crippen LogP contribution < -0.4 is 0 Å². The Morgan fingerprint density at radius 2 is 1.33 bits per heavy atom. The normalized spacial score (nSPS) is 11.5. The number of hydrogen-bond donors (Lipinski definition) is 1. The molecule has 1 heterocycles. The number of hydrogen-bond acceptors (Lipinski definition) is 0. The van der Waals surface area contributed by atoms with Gasteiger partial charge in [-0.3, -0.25) is 0 Å². The molecule has 0 spiro atoms. The van der Waals surface area contributed by atoms with E-state index in [1.807, 2.05) is 12.1 Å². The number of rotatable bonds is 1. The number of H-pyrrole nitrogens is 1. The van der Waals surface area contributed by atoms with Crippen LogP contribution in [0.25, 0.3) is 43.7 Å². The van der Waals surface area contributed by atoms with Gasteiger partial charge < -0.3 is 4.98 Å². The lowest BCUT2D eigenvalue weighted by Gasteiger charge is -2.09. The number of para-hydroxylation sites is 1. The molecule has 5 aromatic rings. The molecule has 114 valence electrons. The SMILES string of the molecule is Clc1cccc2c1[nH]c1cccc(-c3cccc4ccccc34)c12. The van der Waals surface area contributed by atoms with E-state index >= 15 is 0 Å². The molecule has 0 fully saturated rings. The first-order valence-corrected chi connectivity index (χ1v) is 8.38. The predicted octanol–water partition coefficient (Wildman–Crippen LogP) is 6.79. The Hall–Kier alpha value is -2.77. The van der Waals surface area contributed by atoms with Crippen LogP contribution in [0.5, 0.6) is 0 Å². The van der Waals surface area contributed by atoms with Crippen LogP contribution >= 0.6 is 11.6 Å². The van der Waals surface area contributed by atoms with E-state index < -0.39 is 0 Å². The molecule has 0 bridgehead atoms. The minimum absolute atomic E-state index is 0.757. The molecule has 1 N–H and O–H groups in total. The molecule has 0 aliphatic heterocycles. The predicted molar refractivity (Wildman–Crippen MR) is 104 cm³/mol. The summed E-state index contributed by atoms with van der Waals surface area (Å²) < 4.78 is 0. The van der Waals surface area contributed by atoms with E-state index in [4.69, 9.17) is 11.6 Å². The summed E-state index contributed by atoms with van der Waals surface area (Å²) in [7, 11) is 0. The smallest absolute Gasteiger partial charge is 0.0654 e. The van der Waals surface area contributed by atoms with Crippen LogP contribution in [0.15, 0.2) is 78.9 Å². The van der Waals surface area contributed by atoms with Crippen molar-refractivity contribution < 1.29 is 0 Å². The molecule has 4 aromatic carbocycles. The van der Waals surface area contributed by atoms with Crippen LogP contribution in [0, 0.1) is 0 Å². The average molecular weight is 328 g/mol. The molecule has 0 saturated heterocycles. The number of aromatic amines is 1. The van der Waals surface area contributed by atoms with Gasteiger partial charge in [0.05, 0.1) is 10.5 Å². The first kappa shape index (κ1) is 13.6. The molecule has 0 aliphatic rings.